The highest BCUT2D eigenvalue weighted by Gasteiger charge is 2.03. The van der Waals surface area contributed by atoms with Crippen LogP contribution in [-0.4, -0.2) is 6.03 Å². The molecule has 0 fully saturated rings. The summed E-state index contributed by atoms with van der Waals surface area (Å²) in [6.45, 7) is 5.30. The van der Waals surface area contributed by atoms with Crippen LogP contribution >= 0.6 is 15.9 Å². The molecule has 0 aromatic heterocycles. The van der Waals surface area contributed by atoms with Crippen molar-refractivity contribution in [2.75, 3.05) is 5.32 Å². The fourth-order valence-electron chi connectivity index (χ4n) is 0.910. The summed E-state index contributed by atoms with van der Waals surface area (Å²) in [4.78, 5) is 11.3. The second-order valence-corrected chi connectivity index (χ2v) is 3.69. The lowest BCUT2D eigenvalue weighted by atomic mass is 10.3. The van der Waals surface area contributed by atoms with Gasteiger partial charge in [-0.3, -0.25) is 0 Å². The molecule has 0 saturated carbocycles. The van der Waals surface area contributed by atoms with Crippen LogP contribution in [0.15, 0.2) is 41.0 Å². The molecule has 0 aliphatic carbocycles. The van der Waals surface area contributed by atoms with Gasteiger partial charge in [-0.25, -0.2) is 4.79 Å². The molecule has 0 atom stereocenters. The van der Waals surface area contributed by atoms with E-state index in [0.29, 0.717) is 5.70 Å². The van der Waals surface area contributed by atoms with Crippen molar-refractivity contribution in [1.29, 1.82) is 0 Å². The summed E-state index contributed by atoms with van der Waals surface area (Å²) < 4.78 is 0.844. The molecule has 14 heavy (non-hydrogen) atoms. The van der Waals surface area contributed by atoms with E-state index in [1.54, 1.807) is 6.92 Å². The number of anilines is 1. The number of hydrogen-bond acceptors (Lipinski definition) is 1. The van der Waals surface area contributed by atoms with Crippen LogP contribution in [0.1, 0.15) is 6.92 Å². The number of nitrogens with one attached hydrogen (secondary N) is 2. The number of urea groups is 1. The molecular formula is C10H11BrN2O. The van der Waals surface area contributed by atoms with Gasteiger partial charge in [-0.2, -0.15) is 0 Å². The molecule has 74 valence electrons. The van der Waals surface area contributed by atoms with Crippen molar-refractivity contribution in [3.05, 3.63) is 41.0 Å². The molecule has 0 saturated heterocycles. The Morgan fingerprint density at radius 2 is 2.07 bits per heavy atom. The van der Waals surface area contributed by atoms with Gasteiger partial charge in [0, 0.05) is 10.2 Å². The number of hydrogen-bond donors (Lipinski definition) is 2. The third-order valence-electron chi connectivity index (χ3n) is 1.45. The second-order valence-electron chi connectivity index (χ2n) is 2.84. The first kappa shape index (κ1) is 10.8. The minimum atomic E-state index is -0.288. The van der Waals surface area contributed by atoms with Gasteiger partial charge in [0.05, 0.1) is 5.69 Å². The fraction of sp³-hybridized carbons (Fsp3) is 0.100. The maximum Gasteiger partial charge on any atom is 0.323 e. The van der Waals surface area contributed by atoms with Crippen LogP contribution in [-0.2, 0) is 0 Å². The Morgan fingerprint density at radius 1 is 1.43 bits per heavy atom. The van der Waals surface area contributed by atoms with Crippen LogP contribution in [0.25, 0.3) is 0 Å². The number of para-hydroxylation sites is 1. The van der Waals surface area contributed by atoms with Gasteiger partial charge in [0.1, 0.15) is 0 Å². The first-order valence-electron chi connectivity index (χ1n) is 4.07. The maximum atomic E-state index is 11.3. The predicted molar refractivity (Wildman–Crippen MR) is 61.1 cm³/mol. The van der Waals surface area contributed by atoms with E-state index >= 15 is 0 Å². The van der Waals surface area contributed by atoms with Crippen LogP contribution in [0.3, 0.4) is 0 Å². The van der Waals surface area contributed by atoms with E-state index in [1.165, 1.54) is 0 Å². The number of amides is 2. The third-order valence-corrected chi connectivity index (χ3v) is 2.14. The Hall–Kier alpha value is -1.29. The summed E-state index contributed by atoms with van der Waals surface area (Å²) in [7, 11) is 0. The standard InChI is InChI=1S/C10H11BrN2O/c1-7(2)12-10(14)13-9-6-4-3-5-8(9)11/h3-6H,1H2,2H3,(H2,12,13,14). The van der Waals surface area contributed by atoms with E-state index in [9.17, 15) is 4.79 Å². The summed E-state index contributed by atoms with van der Waals surface area (Å²) in [5.74, 6) is 0. The lowest BCUT2D eigenvalue weighted by molar-refractivity contribution is 0.254. The van der Waals surface area contributed by atoms with E-state index < -0.39 is 0 Å². The molecule has 0 bridgehead atoms. The highest BCUT2D eigenvalue weighted by atomic mass is 79.9. The van der Waals surface area contributed by atoms with E-state index in [-0.39, 0.29) is 6.03 Å². The second kappa shape index (κ2) is 4.81. The molecule has 2 N–H and O–H groups in total. The Kier molecular flexibility index (Phi) is 3.71. The molecule has 3 nitrogen and oxygen atoms in total. The number of benzene rings is 1. The first-order chi connectivity index (χ1) is 6.59. The van der Waals surface area contributed by atoms with E-state index in [4.69, 9.17) is 0 Å². The number of carbonyl (C=O) groups is 1. The Balaban J connectivity index is 2.65. The summed E-state index contributed by atoms with van der Waals surface area (Å²) in [6.07, 6.45) is 0. The molecule has 1 rings (SSSR count). The lowest BCUT2D eigenvalue weighted by Crippen LogP contribution is -2.26. The molecule has 4 heteroatoms. The Labute approximate surface area is 91.3 Å². The number of allylic oxidation sites excluding steroid dienone is 1. The monoisotopic (exact) mass is 254 g/mol. The first-order valence-corrected chi connectivity index (χ1v) is 4.87. The summed E-state index contributed by atoms with van der Waals surface area (Å²) in [5, 5.41) is 5.24. The topological polar surface area (TPSA) is 41.1 Å². The van der Waals surface area contributed by atoms with Crippen molar-refractivity contribution in [3.63, 3.8) is 0 Å². The van der Waals surface area contributed by atoms with Gasteiger partial charge in [-0.15, -0.1) is 0 Å². The fourth-order valence-corrected chi connectivity index (χ4v) is 1.29. The van der Waals surface area contributed by atoms with Gasteiger partial charge >= 0.3 is 6.03 Å². The quantitative estimate of drug-likeness (QED) is 0.837. The minimum Gasteiger partial charge on any atom is -0.312 e. The van der Waals surface area contributed by atoms with Crippen molar-refractivity contribution in [3.8, 4) is 0 Å². The normalized spacial score (nSPS) is 9.29. The molecule has 0 heterocycles. The molecule has 0 unspecified atom stereocenters. The van der Waals surface area contributed by atoms with Gasteiger partial charge in [0.25, 0.3) is 0 Å². The average Bonchev–Trinajstić information content (AvgIpc) is 2.07. The number of halogens is 1. The van der Waals surface area contributed by atoms with Crippen molar-refractivity contribution in [2.24, 2.45) is 0 Å². The summed E-state index contributed by atoms with van der Waals surface area (Å²) in [6, 6.07) is 7.11. The molecule has 0 aliphatic rings. The Bertz CT molecular complexity index is 363. The largest absolute Gasteiger partial charge is 0.323 e. The van der Waals surface area contributed by atoms with Gasteiger partial charge in [0.15, 0.2) is 0 Å². The number of carbonyl (C=O) groups excluding carboxylic acids is 1. The zero-order chi connectivity index (χ0) is 10.6. The highest BCUT2D eigenvalue weighted by molar-refractivity contribution is 9.10. The predicted octanol–water partition coefficient (Wildman–Crippen LogP) is 3.10. The molecule has 0 radical (unpaired) electrons. The van der Waals surface area contributed by atoms with Crippen molar-refractivity contribution >= 4 is 27.6 Å². The van der Waals surface area contributed by atoms with Crippen LogP contribution in [0.2, 0.25) is 0 Å². The maximum absolute atomic E-state index is 11.3. The smallest absolute Gasteiger partial charge is 0.312 e. The van der Waals surface area contributed by atoms with E-state index in [1.807, 2.05) is 24.3 Å². The van der Waals surface area contributed by atoms with Crippen LogP contribution < -0.4 is 10.6 Å². The SMILES string of the molecule is C=C(C)NC(=O)Nc1ccccc1Br. The van der Waals surface area contributed by atoms with Gasteiger partial charge in [-0.1, -0.05) is 18.7 Å². The lowest BCUT2D eigenvalue weighted by Gasteiger charge is -2.07. The molecule has 1 aromatic carbocycles. The number of rotatable bonds is 2. The molecule has 1 aromatic rings. The van der Waals surface area contributed by atoms with Crippen LogP contribution in [0.4, 0.5) is 10.5 Å². The summed E-state index contributed by atoms with van der Waals surface area (Å²) >= 11 is 3.33. The van der Waals surface area contributed by atoms with Crippen molar-refractivity contribution < 1.29 is 4.79 Å². The zero-order valence-corrected chi connectivity index (χ0v) is 9.39. The highest BCUT2D eigenvalue weighted by Crippen LogP contribution is 2.20. The van der Waals surface area contributed by atoms with Crippen LogP contribution in [0, 0.1) is 0 Å². The van der Waals surface area contributed by atoms with E-state index in [2.05, 4.69) is 33.1 Å². The van der Waals surface area contributed by atoms with Gasteiger partial charge in [-0.05, 0) is 35.0 Å². The van der Waals surface area contributed by atoms with Crippen molar-refractivity contribution in [2.45, 2.75) is 6.92 Å². The zero-order valence-electron chi connectivity index (χ0n) is 7.80. The molecular weight excluding hydrogens is 244 g/mol. The molecule has 0 aliphatic heterocycles. The molecule has 2 amide bonds. The Morgan fingerprint density at radius 3 is 2.64 bits per heavy atom. The van der Waals surface area contributed by atoms with Gasteiger partial charge < -0.3 is 10.6 Å². The third kappa shape index (κ3) is 3.22. The minimum absolute atomic E-state index is 0.288. The van der Waals surface area contributed by atoms with Crippen molar-refractivity contribution in [1.82, 2.24) is 5.32 Å². The van der Waals surface area contributed by atoms with E-state index in [0.717, 1.165) is 10.2 Å². The average molecular weight is 255 g/mol. The van der Waals surface area contributed by atoms with Crippen LogP contribution in [0.5, 0.6) is 0 Å². The summed E-state index contributed by atoms with van der Waals surface area (Å²) in [5.41, 5.74) is 1.33. The molecule has 0 spiro atoms. The van der Waals surface area contributed by atoms with Gasteiger partial charge in [0.2, 0.25) is 0 Å².